The van der Waals surface area contributed by atoms with Gasteiger partial charge in [0.25, 0.3) is 0 Å². The van der Waals surface area contributed by atoms with E-state index in [-0.39, 0.29) is 29.8 Å². The molecule has 4 aromatic rings. The van der Waals surface area contributed by atoms with E-state index in [0.29, 0.717) is 13.0 Å². The number of nitriles is 1. The monoisotopic (exact) mass is 701 g/mol. The summed E-state index contributed by atoms with van der Waals surface area (Å²) in [4.78, 5) is 2.08. The van der Waals surface area contributed by atoms with Gasteiger partial charge in [0, 0.05) is 46.6 Å². The number of halogens is 3. The third-order valence-electron chi connectivity index (χ3n) is 6.00. The third kappa shape index (κ3) is 6.92. The fourth-order valence-electron chi connectivity index (χ4n) is 3.92. The van der Waals surface area contributed by atoms with E-state index in [1.54, 1.807) is 0 Å². The molecule has 0 aliphatic carbocycles. The molecule has 36 heavy (non-hydrogen) atoms. The Bertz CT molecular complexity index is 1370. The van der Waals surface area contributed by atoms with Crippen LogP contribution in [0.2, 0.25) is 0 Å². The lowest BCUT2D eigenvalue weighted by Crippen LogP contribution is -3.00. The number of hydrogen-bond donors (Lipinski definition) is 0. The summed E-state index contributed by atoms with van der Waals surface area (Å²) in [6, 6.07) is 29.9. The second kappa shape index (κ2) is 13.0. The summed E-state index contributed by atoms with van der Waals surface area (Å²) in [7, 11) is 4.03. The molecule has 1 heterocycles. The highest BCUT2D eigenvalue weighted by Crippen LogP contribution is 2.27. The molecule has 0 radical (unpaired) electrons. The Labute approximate surface area is 243 Å². The lowest BCUT2D eigenvalue weighted by atomic mass is 10.0. The minimum Gasteiger partial charge on any atom is -1.00 e. The van der Waals surface area contributed by atoms with Crippen molar-refractivity contribution in [2.45, 2.75) is 6.42 Å². The van der Waals surface area contributed by atoms with Crippen molar-refractivity contribution in [2.24, 2.45) is 7.05 Å². The Hall–Kier alpha value is -2.77. The molecule has 0 unspecified atom stereocenters. The Morgan fingerprint density at radius 2 is 1.53 bits per heavy atom. The zero-order chi connectivity index (χ0) is 24.8. The highest BCUT2D eigenvalue weighted by Gasteiger charge is 2.17. The van der Waals surface area contributed by atoms with Crippen LogP contribution >= 0.6 is 22.6 Å². The van der Waals surface area contributed by atoms with Gasteiger partial charge in [-0.25, -0.2) is 4.39 Å². The molecule has 0 saturated heterocycles. The number of aromatic nitrogens is 1. The van der Waals surface area contributed by atoms with Gasteiger partial charge in [-0.3, -0.25) is 0 Å². The van der Waals surface area contributed by atoms with Crippen molar-refractivity contribution in [1.29, 1.82) is 5.26 Å². The van der Waals surface area contributed by atoms with Crippen molar-refractivity contribution in [2.75, 3.05) is 18.5 Å². The van der Waals surface area contributed by atoms with Gasteiger partial charge in [0.05, 0.1) is 12.5 Å². The molecule has 0 amide bonds. The van der Waals surface area contributed by atoms with Crippen LogP contribution in [0.25, 0.3) is 34.5 Å². The summed E-state index contributed by atoms with van der Waals surface area (Å²) in [5.41, 5.74) is 7.42. The Kier molecular flexibility index (Phi) is 10.0. The summed E-state index contributed by atoms with van der Waals surface area (Å²) in [6.07, 6.45) is 4.71. The minimum atomic E-state index is -0.243. The van der Waals surface area contributed by atoms with Crippen LogP contribution in [0.15, 0.2) is 84.9 Å². The molecule has 6 heteroatoms. The van der Waals surface area contributed by atoms with E-state index in [9.17, 15) is 4.39 Å². The van der Waals surface area contributed by atoms with Crippen LogP contribution in [-0.4, -0.2) is 13.6 Å². The maximum Gasteiger partial charge on any atom is 0.213 e. The van der Waals surface area contributed by atoms with Crippen molar-refractivity contribution in [3.8, 4) is 28.5 Å². The minimum absolute atomic E-state index is 0. The van der Waals surface area contributed by atoms with Crippen LogP contribution in [-0.2, 0) is 7.05 Å². The van der Waals surface area contributed by atoms with Gasteiger partial charge in [0.2, 0.25) is 11.4 Å². The van der Waals surface area contributed by atoms with Crippen molar-refractivity contribution >= 4 is 40.4 Å². The van der Waals surface area contributed by atoms with Crippen LogP contribution in [0, 0.1) is 20.7 Å². The quantitative estimate of drug-likeness (QED) is 0.215. The molecule has 182 valence electrons. The van der Waals surface area contributed by atoms with Gasteiger partial charge >= 0.3 is 0 Å². The second-order valence-corrected chi connectivity index (χ2v) is 9.63. The average molecular weight is 701 g/mol. The predicted molar refractivity (Wildman–Crippen MR) is 150 cm³/mol. The largest absolute Gasteiger partial charge is 1.00 e. The standard InChI is InChI=1S/C30H26FIN3.HI/c1-34(19-3-18-33)28-15-4-22(5-16-28)6-17-29-20-25(23-9-13-27(32)14-10-23)21-30(35(29)2)24-7-11-26(31)12-8-24;/h4-17,20-21H,3,19H2,1-2H3;1H/q+1;/p-1. The summed E-state index contributed by atoms with van der Waals surface area (Å²) in [5.74, 6) is -0.243. The Morgan fingerprint density at radius 3 is 2.17 bits per heavy atom. The molecular weight excluding hydrogens is 675 g/mol. The highest BCUT2D eigenvalue weighted by molar-refractivity contribution is 14.1. The average Bonchev–Trinajstić information content (AvgIpc) is 2.88. The third-order valence-corrected chi connectivity index (χ3v) is 6.72. The lowest BCUT2D eigenvalue weighted by Gasteiger charge is -2.17. The molecule has 0 spiro atoms. The van der Waals surface area contributed by atoms with Crippen molar-refractivity contribution in [3.05, 3.63) is 106 Å². The van der Waals surface area contributed by atoms with Gasteiger partial charge in [0.1, 0.15) is 12.9 Å². The molecule has 3 nitrogen and oxygen atoms in total. The fraction of sp³-hybridized carbons (Fsp3) is 0.133. The van der Waals surface area contributed by atoms with E-state index < -0.39 is 0 Å². The first-order chi connectivity index (χ1) is 16.9. The summed E-state index contributed by atoms with van der Waals surface area (Å²) in [6.45, 7) is 0.707. The number of pyridine rings is 1. The highest BCUT2D eigenvalue weighted by atomic mass is 127. The van der Waals surface area contributed by atoms with Crippen LogP contribution in [0.5, 0.6) is 0 Å². The van der Waals surface area contributed by atoms with Gasteiger partial charge in [-0.15, -0.1) is 0 Å². The first-order valence-electron chi connectivity index (χ1n) is 11.4. The Morgan fingerprint density at radius 1 is 0.889 bits per heavy atom. The van der Waals surface area contributed by atoms with Gasteiger partial charge in [-0.2, -0.15) is 9.83 Å². The first-order valence-corrected chi connectivity index (χ1v) is 12.4. The number of hydrogen-bond acceptors (Lipinski definition) is 2. The molecule has 0 saturated carbocycles. The van der Waals surface area contributed by atoms with Gasteiger partial charge in [-0.05, 0) is 93.9 Å². The molecule has 0 atom stereocenters. The normalized spacial score (nSPS) is 10.6. The van der Waals surface area contributed by atoms with Crippen molar-refractivity contribution < 1.29 is 32.9 Å². The van der Waals surface area contributed by atoms with Crippen molar-refractivity contribution in [3.63, 3.8) is 0 Å². The molecular formula is C30H26FI2N3. The van der Waals surface area contributed by atoms with Gasteiger partial charge in [-0.1, -0.05) is 24.3 Å². The SMILES string of the molecule is CN(CCC#N)c1ccc(C=Cc2cc(-c3ccc(I)cc3)cc(-c3ccc(F)cc3)[n+]2C)cc1.[I-]. The summed E-state index contributed by atoms with van der Waals surface area (Å²) in [5, 5.41) is 8.81. The van der Waals surface area contributed by atoms with E-state index in [0.717, 1.165) is 39.3 Å². The van der Waals surface area contributed by atoms with Crippen LogP contribution < -0.4 is 33.4 Å². The van der Waals surface area contributed by atoms with Crippen LogP contribution in [0.3, 0.4) is 0 Å². The van der Waals surface area contributed by atoms with E-state index in [1.165, 1.54) is 15.7 Å². The predicted octanol–water partition coefficient (Wildman–Crippen LogP) is 4.11. The van der Waals surface area contributed by atoms with Gasteiger partial charge < -0.3 is 28.9 Å². The summed E-state index contributed by atoms with van der Waals surface area (Å²) < 4.78 is 16.9. The number of benzene rings is 3. The zero-order valence-corrected chi connectivity index (χ0v) is 24.4. The fourth-order valence-corrected chi connectivity index (χ4v) is 4.28. The zero-order valence-electron chi connectivity index (χ0n) is 20.1. The summed E-state index contributed by atoms with van der Waals surface area (Å²) >= 11 is 2.31. The van der Waals surface area contributed by atoms with E-state index in [4.69, 9.17) is 5.26 Å². The number of nitrogens with zero attached hydrogens (tertiary/aromatic N) is 3. The van der Waals surface area contributed by atoms with E-state index in [1.807, 2.05) is 26.2 Å². The molecule has 0 N–H and O–H groups in total. The van der Waals surface area contributed by atoms with Crippen LogP contribution in [0.1, 0.15) is 17.7 Å². The Balaban J connectivity index is 0.00000361. The molecule has 4 rings (SSSR count). The van der Waals surface area contributed by atoms with E-state index in [2.05, 4.69) is 111 Å². The molecule has 3 aromatic carbocycles. The second-order valence-electron chi connectivity index (χ2n) is 8.38. The smallest absolute Gasteiger partial charge is 0.213 e. The molecule has 0 fully saturated rings. The molecule has 0 bridgehead atoms. The topological polar surface area (TPSA) is 30.9 Å². The molecule has 1 aromatic heterocycles. The number of anilines is 1. The lowest BCUT2D eigenvalue weighted by molar-refractivity contribution is -0.662. The van der Waals surface area contributed by atoms with Crippen molar-refractivity contribution in [1.82, 2.24) is 0 Å². The van der Waals surface area contributed by atoms with E-state index >= 15 is 0 Å². The van der Waals surface area contributed by atoms with Gasteiger partial charge in [0.15, 0.2) is 0 Å². The first kappa shape index (κ1) is 27.8. The number of rotatable bonds is 7. The van der Waals surface area contributed by atoms with Crippen LogP contribution in [0.4, 0.5) is 10.1 Å². The molecule has 0 aliphatic rings. The maximum absolute atomic E-state index is 13.6. The molecule has 0 aliphatic heterocycles. The maximum atomic E-state index is 13.6.